The number of hydrogen-bond acceptors (Lipinski definition) is 6. The van der Waals surface area contributed by atoms with Crippen molar-refractivity contribution in [2.45, 2.75) is 146 Å². The lowest BCUT2D eigenvalue weighted by atomic mass is 9.91. The zero-order valence-electron chi connectivity index (χ0n) is 32.6. The molecule has 5 N–H and O–H groups in total. The van der Waals surface area contributed by atoms with Crippen molar-refractivity contribution in [2.24, 2.45) is 23.5 Å². The third-order valence-electron chi connectivity index (χ3n) is 6.47. The minimum Gasteiger partial charge on any atom is -0.391 e. The number of terminal acetylenes is 1. The number of nitrogens with one attached hydrogen (secondary N) is 2. The fourth-order valence-electron chi connectivity index (χ4n) is 3.93. The summed E-state index contributed by atoms with van der Waals surface area (Å²) < 4.78 is 23.1. The maximum absolute atomic E-state index is 12.1. The molecule has 0 aliphatic heterocycles. The molecule has 0 saturated heterocycles. The number of nitrogens with two attached hydrogens (primary N) is 1. The number of hydrogen-bond donors (Lipinski definition) is 4. The highest BCUT2D eigenvalue weighted by Crippen LogP contribution is 2.22. The Kier molecular flexibility index (Phi) is 39.2. The van der Waals surface area contributed by atoms with Crippen molar-refractivity contribution in [1.29, 1.82) is 0 Å². The van der Waals surface area contributed by atoms with E-state index in [9.17, 15) is 23.1 Å². The Balaban J connectivity index is -0.000000350. The molecule has 0 unspecified atom stereocenters. The molecule has 1 fully saturated rings. The molecule has 0 bridgehead atoms. The molecule has 2 rings (SSSR count). The first-order chi connectivity index (χ1) is 22.6. The molecule has 1 aromatic carbocycles. The highest BCUT2D eigenvalue weighted by atomic mass is 32.2. The van der Waals surface area contributed by atoms with Gasteiger partial charge in [0.25, 0.3) is 0 Å². The number of carbonyl (C=O) groups is 2. The molecule has 0 aromatic heterocycles. The van der Waals surface area contributed by atoms with Crippen LogP contribution in [-0.2, 0) is 19.4 Å². The molecule has 1 aliphatic rings. The first-order valence-corrected chi connectivity index (χ1v) is 20.1. The van der Waals surface area contributed by atoms with Crippen molar-refractivity contribution in [1.82, 2.24) is 10.6 Å². The van der Waals surface area contributed by atoms with Gasteiger partial charge in [0.2, 0.25) is 11.8 Å². The fraction of sp³-hybridized carbons (Fsp3) is 0.744. The monoisotopic (exact) mass is 698 g/mol. The van der Waals surface area contributed by atoms with Crippen LogP contribution in [0, 0.1) is 37.0 Å². The molecule has 0 spiro atoms. The number of benzene rings is 1. The molecular weight excluding hydrogens is 623 g/mol. The number of amides is 2. The lowest BCUT2D eigenvalue weighted by molar-refractivity contribution is -0.129. The van der Waals surface area contributed by atoms with Gasteiger partial charge in [0, 0.05) is 25.9 Å². The second kappa shape index (κ2) is 35.9. The van der Waals surface area contributed by atoms with Gasteiger partial charge < -0.3 is 21.5 Å². The summed E-state index contributed by atoms with van der Waals surface area (Å²) in [4.78, 5) is 24.0. The van der Waals surface area contributed by atoms with Gasteiger partial charge in [0.05, 0.1) is 17.6 Å². The Morgan fingerprint density at radius 1 is 0.958 bits per heavy atom. The lowest BCUT2D eigenvalue weighted by Gasteiger charge is -2.18. The van der Waals surface area contributed by atoms with Crippen molar-refractivity contribution >= 4 is 21.7 Å². The molecule has 2 atom stereocenters. The van der Waals surface area contributed by atoms with Crippen LogP contribution in [0.1, 0.15) is 133 Å². The second-order valence-electron chi connectivity index (χ2n) is 12.7. The Bertz CT molecular complexity index is 999. The Morgan fingerprint density at radius 3 is 1.85 bits per heavy atom. The zero-order chi connectivity index (χ0) is 38.0. The maximum atomic E-state index is 12.1. The minimum absolute atomic E-state index is 0.00872. The van der Waals surface area contributed by atoms with Crippen LogP contribution in [0.3, 0.4) is 0 Å². The SMILES string of the molecule is C#CC[C@H](NC(=O)CCS(=O)(=O)CCN)C(=O)NC[C@@H](O)CCC(C)C.CC.CC.CC(C)C.CC1CCCCC1.Cc1ccccc1. The van der Waals surface area contributed by atoms with Crippen molar-refractivity contribution < 1.29 is 23.1 Å². The van der Waals surface area contributed by atoms with E-state index in [1.54, 1.807) is 0 Å². The predicted octanol–water partition coefficient (Wildman–Crippen LogP) is 7.47. The average Bonchev–Trinajstić information content (AvgIpc) is 3.04. The van der Waals surface area contributed by atoms with Crippen LogP contribution in [0.4, 0.5) is 0 Å². The van der Waals surface area contributed by atoms with E-state index < -0.39 is 33.8 Å². The standard InChI is InChI=1S/C17H31N3O5S.C7H14.C7H8.C4H10.2C2H6/c1-4-5-15(17(23)19-12-14(21)7-6-13(2)3)20-16(22)8-10-26(24,25)11-9-18;2*1-7-5-3-2-4-6-7;1-4(2)3;2*1-2/h1,13-15,21H,5-12,18H2,2-3H3,(H,19,23)(H,20,22);7H,2-6H2,1H3;2-6H,1H3;4H,1-3H3;2*1-2H3/t14-,15-;;;;;/m0...../s1. The third kappa shape index (κ3) is 39.8. The third-order valence-corrected chi connectivity index (χ3v) is 8.15. The molecule has 282 valence electrons. The maximum Gasteiger partial charge on any atom is 0.243 e. The average molecular weight is 698 g/mol. The number of carbonyl (C=O) groups excluding carboxylic acids is 2. The molecule has 1 saturated carbocycles. The van der Waals surface area contributed by atoms with Crippen molar-refractivity contribution in [3.63, 3.8) is 0 Å². The van der Waals surface area contributed by atoms with Crippen LogP contribution in [0.2, 0.25) is 0 Å². The predicted molar refractivity (Wildman–Crippen MR) is 207 cm³/mol. The van der Waals surface area contributed by atoms with Crippen LogP contribution < -0.4 is 16.4 Å². The Labute approximate surface area is 297 Å². The van der Waals surface area contributed by atoms with Gasteiger partial charge in [0.15, 0.2) is 9.84 Å². The number of aryl methyl sites for hydroxylation is 1. The summed E-state index contributed by atoms with van der Waals surface area (Å²) in [6.07, 6.45) is 13.1. The molecule has 48 heavy (non-hydrogen) atoms. The van der Waals surface area contributed by atoms with Gasteiger partial charge >= 0.3 is 0 Å². The second-order valence-corrected chi connectivity index (χ2v) is 15.0. The van der Waals surface area contributed by atoms with E-state index in [4.69, 9.17) is 12.2 Å². The highest BCUT2D eigenvalue weighted by molar-refractivity contribution is 7.91. The summed E-state index contributed by atoms with van der Waals surface area (Å²) in [5, 5.41) is 14.8. The number of sulfone groups is 1. The van der Waals surface area contributed by atoms with E-state index in [1.165, 1.54) is 37.7 Å². The summed E-state index contributed by atoms with van der Waals surface area (Å²) >= 11 is 0. The molecule has 0 heterocycles. The van der Waals surface area contributed by atoms with Gasteiger partial charge in [0.1, 0.15) is 6.04 Å². The first-order valence-electron chi connectivity index (χ1n) is 18.2. The van der Waals surface area contributed by atoms with Gasteiger partial charge in [-0.25, -0.2) is 8.42 Å². The summed E-state index contributed by atoms with van der Waals surface area (Å²) in [6.45, 7) is 23.1. The molecule has 2 amide bonds. The molecule has 9 heteroatoms. The highest BCUT2D eigenvalue weighted by Gasteiger charge is 2.21. The van der Waals surface area contributed by atoms with Crippen molar-refractivity contribution in [3.05, 3.63) is 35.9 Å². The summed E-state index contributed by atoms with van der Waals surface area (Å²) in [6, 6.07) is 9.29. The van der Waals surface area contributed by atoms with Gasteiger partial charge in [-0.3, -0.25) is 9.59 Å². The van der Waals surface area contributed by atoms with Gasteiger partial charge in [-0.05, 0) is 37.5 Å². The normalized spacial score (nSPS) is 13.4. The van der Waals surface area contributed by atoms with Crippen molar-refractivity contribution in [3.8, 4) is 12.3 Å². The van der Waals surface area contributed by atoms with E-state index in [1.807, 2.05) is 59.7 Å². The van der Waals surface area contributed by atoms with Gasteiger partial charge in [-0.2, -0.15) is 0 Å². The number of aliphatic hydroxyl groups is 1. The summed E-state index contributed by atoms with van der Waals surface area (Å²) in [5.41, 5.74) is 6.52. The largest absolute Gasteiger partial charge is 0.391 e. The first kappa shape index (κ1) is 52.4. The molecule has 1 aromatic rings. The van der Waals surface area contributed by atoms with E-state index in [0.717, 1.165) is 18.3 Å². The molecule has 0 radical (unpaired) electrons. The van der Waals surface area contributed by atoms with E-state index in [0.29, 0.717) is 12.3 Å². The topological polar surface area (TPSA) is 139 Å². The van der Waals surface area contributed by atoms with Gasteiger partial charge in [-0.1, -0.05) is 137 Å². The number of rotatable bonds is 13. The zero-order valence-corrected chi connectivity index (χ0v) is 33.4. The molecule has 1 aliphatic carbocycles. The number of aliphatic hydroxyl groups excluding tert-OH is 1. The molecule has 8 nitrogen and oxygen atoms in total. The smallest absolute Gasteiger partial charge is 0.243 e. The van der Waals surface area contributed by atoms with Crippen LogP contribution in [0.5, 0.6) is 0 Å². The fourth-order valence-corrected chi connectivity index (χ4v) is 4.99. The van der Waals surface area contributed by atoms with Crippen LogP contribution in [0.15, 0.2) is 30.3 Å². The minimum atomic E-state index is -3.39. The summed E-state index contributed by atoms with van der Waals surface area (Å²) in [5.74, 6) is 3.00. The van der Waals surface area contributed by atoms with Crippen LogP contribution >= 0.6 is 0 Å². The van der Waals surface area contributed by atoms with E-state index in [-0.39, 0.29) is 37.4 Å². The van der Waals surface area contributed by atoms with Crippen LogP contribution in [0.25, 0.3) is 0 Å². The van der Waals surface area contributed by atoms with E-state index >= 15 is 0 Å². The summed E-state index contributed by atoms with van der Waals surface area (Å²) in [7, 11) is -3.39. The Morgan fingerprint density at radius 2 is 1.48 bits per heavy atom. The quantitative estimate of drug-likeness (QED) is 0.158. The van der Waals surface area contributed by atoms with Crippen LogP contribution in [-0.4, -0.2) is 62.1 Å². The van der Waals surface area contributed by atoms with E-state index in [2.05, 4.69) is 63.3 Å². The van der Waals surface area contributed by atoms with Crippen molar-refractivity contribution in [2.75, 3.05) is 24.6 Å². The van der Waals surface area contributed by atoms with Gasteiger partial charge in [-0.15, -0.1) is 12.3 Å². The molecular formula is C39H75N3O5S. The lowest BCUT2D eigenvalue weighted by Crippen LogP contribution is -2.48. The Hall–Kier alpha value is -2.41.